The molecular formula is C22H14GeO4. The molecule has 0 aromatic heterocycles. The van der Waals surface area contributed by atoms with E-state index in [0.717, 1.165) is 21.5 Å². The maximum absolute atomic E-state index is 12.2. The normalized spacial score (nSPS) is 10.7. The van der Waals surface area contributed by atoms with Crippen LogP contribution in [0.5, 0.6) is 0 Å². The standard InChI is InChI=1S/C22H14GeO4/c24-21(19-11-9-15-5-1-3-7-17(15)13-19)26-23-27-22(25)20-12-10-16-6-2-4-8-18(16)14-20/h1-14H. The van der Waals surface area contributed by atoms with E-state index < -0.39 is 28.0 Å². The first-order valence-electron chi connectivity index (χ1n) is 8.36. The zero-order valence-corrected chi connectivity index (χ0v) is 16.3. The molecule has 0 saturated heterocycles. The molecule has 2 radical (unpaired) electrons. The maximum atomic E-state index is 12.2. The van der Waals surface area contributed by atoms with E-state index in [2.05, 4.69) is 0 Å². The Hall–Kier alpha value is -3.12. The van der Waals surface area contributed by atoms with Gasteiger partial charge in [-0.25, -0.2) is 0 Å². The van der Waals surface area contributed by atoms with Gasteiger partial charge in [0.05, 0.1) is 0 Å². The molecule has 0 saturated carbocycles. The molecule has 4 aromatic rings. The minimum atomic E-state index is -1.64. The molecule has 0 aliphatic carbocycles. The van der Waals surface area contributed by atoms with Crippen LogP contribution >= 0.6 is 0 Å². The van der Waals surface area contributed by atoms with E-state index in [9.17, 15) is 9.59 Å². The fraction of sp³-hybridized carbons (Fsp3) is 0. The Balaban J connectivity index is 1.39. The molecule has 0 aliphatic rings. The van der Waals surface area contributed by atoms with Crippen LogP contribution < -0.4 is 0 Å². The van der Waals surface area contributed by atoms with Crippen molar-refractivity contribution in [3.63, 3.8) is 0 Å². The number of rotatable bonds is 4. The van der Waals surface area contributed by atoms with E-state index in [1.165, 1.54) is 0 Å². The van der Waals surface area contributed by atoms with Crippen LogP contribution in [0.15, 0.2) is 84.9 Å². The van der Waals surface area contributed by atoms with E-state index in [1.54, 1.807) is 24.3 Å². The second-order valence-corrected chi connectivity index (χ2v) is 7.19. The van der Waals surface area contributed by atoms with Crippen LogP contribution in [0.25, 0.3) is 21.5 Å². The third-order valence-electron chi connectivity index (χ3n) is 4.24. The second kappa shape index (κ2) is 7.64. The molecule has 0 heterocycles. The zero-order valence-electron chi connectivity index (χ0n) is 14.2. The summed E-state index contributed by atoms with van der Waals surface area (Å²) >= 11 is -1.64. The molecule has 4 aromatic carbocycles. The topological polar surface area (TPSA) is 52.6 Å². The van der Waals surface area contributed by atoms with Crippen molar-refractivity contribution in [1.82, 2.24) is 0 Å². The molecule has 0 bridgehead atoms. The van der Waals surface area contributed by atoms with Crippen molar-refractivity contribution < 1.29 is 17.1 Å². The van der Waals surface area contributed by atoms with Crippen LogP contribution in [-0.4, -0.2) is 28.0 Å². The third-order valence-corrected chi connectivity index (χ3v) is 5.37. The third kappa shape index (κ3) is 3.85. The van der Waals surface area contributed by atoms with Gasteiger partial charge in [0, 0.05) is 0 Å². The molecule has 0 amide bonds. The van der Waals surface area contributed by atoms with Gasteiger partial charge in [-0.15, -0.1) is 0 Å². The van der Waals surface area contributed by atoms with Crippen LogP contribution in [0, 0.1) is 0 Å². The summed E-state index contributed by atoms with van der Waals surface area (Å²) < 4.78 is 10.4. The fourth-order valence-corrected chi connectivity index (χ4v) is 3.75. The number of hydrogen-bond acceptors (Lipinski definition) is 4. The Kier molecular flexibility index (Phi) is 4.89. The van der Waals surface area contributed by atoms with Gasteiger partial charge in [0.2, 0.25) is 0 Å². The van der Waals surface area contributed by atoms with E-state index >= 15 is 0 Å². The summed E-state index contributed by atoms with van der Waals surface area (Å²) in [5, 5.41) is 4.01. The number of carbonyl (C=O) groups is 2. The molecule has 0 fully saturated rings. The van der Waals surface area contributed by atoms with Crippen molar-refractivity contribution in [2.75, 3.05) is 0 Å². The van der Waals surface area contributed by atoms with Crippen LogP contribution in [0.3, 0.4) is 0 Å². The van der Waals surface area contributed by atoms with Crippen LogP contribution in [-0.2, 0) is 7.53 Å². The first-order chi connectivity index (χ1) is 13.2. The predicted octanol–water partition coefficient (Wildman–Crippen LogP) is 4.54. The predicted molar refractivity (Wildman–Crippen MR) is 104 cm³/mol. The van der Waals surface area contributed by atoms with Gasteiger partial charge in [-0.05, 0) is 0 Å². The van der Waals surface area contributed by atoms with Gasteiger partial charge in [-0.1, -0.05) is 0 Å². The molecule has 4 nitrogen and oxygen atoms in total. The fourth-order valence-electron chi connectivity index (χ4n) is 2.85. The Morgan fingerprint density at radius 2 is 0.963 bits per heavy atom. The van der Waals surface area contributed by atoms with Crippen LogP contribution in [0.4, 0.5) is 0 Å². The Labute approximate surface area is 162 Å². The average molecular weight is 415 g/mol. The molecule has 0 unspecified atom stereocenters. The summed E-state index contributed by atoms with van der Waals surface area (Å²) in [6, 6.07) is 26.2. The number of benzene rings is 4. The van der Waals surface area contributed by atoms with E-state index in [4.69, 9.17) is 7.53 Å². The molecule has 4 rings (SSSR count). The molecule has 130 valence electrons. The van der Waals surface area contributed by atoms with Gasteiger partial charge in [-0.3, -0.25) is 0 Å². The van der Waals surface area contributed by atoms with Crippen LogP contribution in [0.2, 0.25) is 0 Å². The number of carbonyl (C=O) groups excluding carboxylic acids is 2. The molecule has 5 heteroatoms. The first kappa shape index (κ1) is 17.3. The van der Waals surface area contributed by atoms with E-state index in [1.807, 2.05) is 60.7 Å². The van der Waals surface area contributed by atoms with Crippen molar-refractivity contribution in [2.45, 2.75) is 0 Å². The molecule has 27 heavy (non-hydrogen) atoms. The van der Waals surface area contributed by atoms with Crippen molar-refractivity contribution in [1.29, 1.82) is 0 Å². The number of hydrogen-bond donors (Lipinski definition) is 0. The number of fused-ring (bicyclic) bond motifs is 2. The summed E-state index contributed by atoms with van der Waals surface area (Å²) in [5.74, 6) is -0.959. The first-order valence-corrected chi connectivity index (χ1v) is 10.1. The SMILES string of the molecule is O=C([O][Ge][O]C(=O)c1ccc2ccccc2c1)c1ccc2ccccc2c1. The Morgan fingerprint density at radius 1 is 0.556 bits per heavy atom. The molecule has 0 spiro atoms. The van der Waals surface area contributed by atoms with Crippen molar-refractivity contribution in [3.05, 3.63) is 96.1 Å². The summed E-state index contributed by atoms with van der Waals surface area (Å²) in [4.78, 5) is 24.4. The van der Waals surface area contributed by atoms with Gasteiger partial charge in [-0.2, -0.15) is 0 Å². The summed E-state index contributed by atoms with van der Waals surface area (Å²) in [7, 11) is 0. The van der Waals surface area contributed by atoms with E-state index in [-0.39, 0.29) is 0 Å². The van der Waals surface area contributed by atoms with Gasteiger partial charge in [0.15, 0.2) is 0 Å². The average Bonchev–Trinajstić information content (AvgIpc) is 2.72. The minimum absolute atomic E-state index is 0.444. The van der Waals surface area contributed by atoms with Crippen molar-refractivity contribution in [2.24, 2.45) is 0 Å². The van der Waals surface area contributed by atoms with Crippen LogP contribution in [0.1, 0.15) is 20.7 Å². The molecule has 0 atom stereocenters. The monoisotopic (exact) mass is 416 g/mol. The van der Waals surface area contributed by atoms with E-state index in [0.29, 0.717) is 11.1 Å². The van der Waals surface area contributed by atoms with Crippen molar-refractivity contribution in [3.8, 4) is 0 Å². The summed E-state index contributed by atoms with van der Waals surface area (Å²) in [6.07, 6.45) is 0. The summed E-state index contributed by atoms with van der Waals surface area (Å²) in [5.41, 5.74) is 0.887. The molecular weight excluding hydrogens is 401 g/mol. The van der Waals surface area contributed by atoms with Gasteiger partial charge < -0.3 is 0 Å². The zero-order chi connectivity index (χ0) is 18.6. The van der Waals surface area contributed by atoms with Gasteiger partial charge in [0.25, 0.3) is 0 Å². The summed E-state index contributed by atoms with van der Waals surface area (Å²) in [6.45, 7) is 0. The van der Waals surface area contributed by atoms with Gasteiger partial charge in [0.1, 0.15) is 0 Å². The molecule has 0 N–H and O–H groups in total. The Morgan fingerprint density at radius 3 is 1.41 bits per heavy atom. The Bertz CT molecular complexity index is 1060. The van der Waals surface area contributed by atoms with Crippen molar-refractivity contribution >= 4 is 49.6 Å². The second-order valence-electron chi connectivity index (χ2n) is 5.99. The van der Waals surface area contributed by atoms with Gasteiger partial charge >= 0.3 is 163 Å². The quantitative estimate of drug-likeness (QED) is 0.460. The molecule has 0 aliphatic heterocycles.